The van der Waals surface area contributed by atoms with Crippen molar-refractivity contribution in [2.24, 2.45) is 0 Å². The van der Waals surface area contributed by atoms with E-state index in [1.807, 2.05) is 0 Å². The molecule has 0 fully saturated rings. The third-order valence-corrected chi connectivity index (χ3v) is 3.78. The minimum absolute atomic E-state index is 0. The molecule has 0 N–H and O–H groups in total. The van der Waals surface area contributed by atoms with Gasteiger partial charge in [0.15, 0.2) is 0 Å². The van der Waals surface area contributed by atoms with Crippen LogP contribution in [0, 0.1) is 11.9 Å². The fraction of sp³-hybridized carbons (Fsp3) is 0.176. The maximum Gasteiger partial charge on any atom is 0.256 e. The van der Waals surface area contributed by atoms with E-state index >= 15 is 0 Å². The predicted molar refractivity (Wildman–Crippen MR) is 87.6 cm³/mol. The number of halogens is 4. The van der Waals surface area contributed by atoms with Crippen molar-refractivity contribution < 1.29 is 50.6 Å². The number of alkyl halides is 2. The predicted octanol–water partition coefficient (Wildman–Crippen LogP) is 4.91. The summed E-state index contributed by atoms with van der Waals surface area (Å²) in [5, 5.41) is 0. The summed E-state index contributed by atoms with van der Waals surface area (Å²) in [6.07, 6.45) is 3.29. The minimum Gasteiger partial charge on any atom is -0.490 e. The van der Waals surface area contributed by atoms with Gasteiger partial charge in [-0.15, -0.1) is 22.0 Å². The molecule has 2 rings (SSSR count). The van der Waals surface area contributed by atoms with E-state index in [9.17, 15) is 13.2 Å². The molecule has 1 radical (unpaired) electrons. The largest absolute Gasteiger partial charge is 0.490 e. The Morgan fingerprint density at radius 3 is 2.67 bits per heavy atom. The van der Waals surface area contributed by atoms with E-state index in [-0.39, 0.29) is 50.6 Å². The van der Waals surface area contributed by atoms with Gasteiger partial charge in [-0.2, -0.15) is 12.2 Å². The van der Waals surface area contributed by atoms with Gasteiger partial charge >= 0.3 is 0 Å². The molecule has 1 aromatic rings. The molecule has 125 valence electrons. The third-order valence-electron chi connectivity index (χ3n) is 3.09. The average molecular weight is 474 g/mol. The summed E-state index contributed by atoms with van der Waals surface area (Å²) in [7, 11) is 0. The number of hydrogen-bond donors (Lipinski definition) is 0. The van der Waals surface area contributed by atoms with Crippen LogP contribution in [-0.4, -0.2) is 24.5 Å². The van der Waals surface area contributed by atoms with Gasteiger partial charge in [0.25, 0.3) is 6.43 Å². The first-order chi connectivity index (χ1) is 10.9. The first-order valence-electron chi connectivity index (χ1n) is 6.71. The van der Waals surface area contributed by atoms with Crippen LogP contribution < -0.4 is 4.74 Å². The molecule has 1 heterocycles. The van der Waals surface area contributed by atoms with E-state index in [2.05, 4.69) is 35.2 Å². The number of allylic oxidation sites excluding steroid dienone is 3. The monoisotopic (exact) mass is 473 g/mol. The molecule has 0 bridgehead atoms. The van der Waals surface area contributed by atoms with E-state index in [1.165, 1.54) is 23.1 Å². The summed E-state index contributed by atoms with van der Waals surface area (Å²) in [6.45, 7) is 6.91. The van der Waals surface area contributed by atoms with Gasteiger partial charge in [-0.25, -0.2) is 13.2 Å². The number of rotatable bonds is 6. The van der Waals surface area contributed by atoms with Crippen LogP contribution in [-0.2, 0) is 32.7 Å². The summed E-state index contributed by atoms with van der Waals surface area (Å²) in [4.78, 5) is 1.23. The van der Waals surface area contributed by atoms with Crippen molar-refractivity contribution in [3.63, 3.8) is 0 Å². The van der Waals surface area contributed by atoms with Crippen LogP contribution >= 0.6 is 15.9 Å². The Bertz CT molecular complexity index is 688. The molecular weight excluding hydrogens is 460 g/mol. The maximum absolute atomic E-state index is 14.4. The standard InChI is InChI=1S/C17H14BrF3NO.Y/c1-3-8-23-12-4-5-13(15(19)9-12)16-7-6-14(18)11(2)22(16)10-17(20)21;/h3-6,9,17H,1-2,8,10H2;/q-1;. The molecule has 0 unspecified atom stereocenters. The van der Waals surface area contributed by atoms with E-state index in [0.717, 1.165) is 0 Å². The number of nitrogens with zero attached hydrogens (tertiary/aromatic N) is 1. The van der Waals surface area contributed by atoms with Crippen LogP contribution in [0.2, 0.25) is 0 Å². The van der Waals surface area contributed by atoms with Crippen LogP contribution in [0.25, 0.3) is 5.70 Å². The molecule has 0 spiro atoms. The van der Waals surface area contributed by atoms with Gasteiger partial charge < -0.3 is 9.64 Å². The molecule has 24 heavy (non-hydrogen) atoms. The van der Waals surface area contributed by atoms with Gasteiger partial charge in [0.2, 0.25) is 0 Å². The van der Waals surface area contributed by atoms with Crippen LogP contribution in [0.3, 0.4) is 0 Å². The van der Waals surface area contributed by atoms with Gasteiger partial charge in [-0.3, -0.25) is 0 Å². The second-order valence-corrected chi connectivity index (χ2v) is 5.53. The molecule has 1 aromatic carbocycles. The van der Waals surface area contributed by atoms with Crippen LogP contribution in [0.4, 0.5) is 13.2 Å². The molecule has 1 aliphatic rings. The first kappa shape index (κ1) is 21.2. The van der Waals surface area contributed by atoms with Crippen molar-refractivity contribution in [1.82, 2.24) is 4.90 Å². The van der Waals surface area contributed by atoms with Crippen molar-refractivity contribution in [3.05, 3.63) is 71.1 Å². The molecule has 2 nitrogen and oxygen atoms in total. The molecular formula is C17H14BrF3NOY-. The van der Waals surface area contributed by atoms with Crippen LogP contribution in [0.5, 0.6) is 5.75 Å². The Hall–Kier alpha value is -0.846. The second-order valence-electron chi connectivity index (χ2n) is 4.67. The molecule has 0 aromatic heterocycles. The topological polar surface area (TPSA) is 12.5 Å². The fourth-order valence-corrected chi connectivity index (χ4v) is 2.38. The van der Waals surface area contributed by atoms with Gasteiger partial charge in [0.05, 0.1) is 12.4 Å². The summed E-state index contributed by atoms with van der Waals surface area (Å²) in [5.74, 6) is -0.258. The third kappa shape index (κ3) is 5.07. The Labute approximate surface area is 172 Å². The molecule has 1 aliphatic heterocycles. The number of ether oxygens (including phenoxy) is 1. The smallest absolute Gasteiger partial charge is 0.256 e. The Morgan fingerprint density at radius 1 is 1.38 bits per heavy atom. The van der Waals surface area contributed by atoms with Gasteiger partial charge in [-0.1, -0.05) is 35.0 Å². The van der Waals surface area contributed by atoms with Crippen molar-refractivity contribution in [2.45, 2.75) is 6.43 Å². The summed E-state index contributed by atoms with van der Waals surface area (Å²) >= 11 is 3.22. The Balaban J connectivity index is 0.00000288. The fourth-order valence-electron chi connectivity index (χ4n) is 2.05. The van der Waals surface area contributed by atoms with E-state index in [4.69, 9.17) is 4.74 Å². The zero-order valence-corrected chi connectivity index (χ0v) is 17.2. The molecule has 0 aliphatic carbocycles. The zero-order chi connectivity index (χ0) is 17.0. The number of benzene rings is 1. The Morgan fingerprint density at radius 2 is 2.08 bits per heavy atom. The summed E-state index contributed by atoms with van der Waals surface area (Å²) in [6, 6.07) is 4.23. The van der Waals surface area contributed by atoms with Crippen molar-refractivity contribution in [2.75, 3.05) is 13.2 Å². The van der Waals surface area contributed by atoms with E-state index < -0.39 is 18.8 Å². The molecule has 0 saturated carbocycles. The molecule has 7 heteroatoms. The van der Waals surface area contributed by atoms with Crippen molar-refractivity contribution in [1.29, 1.82) is 0 Å². The van der Waals surface area contributed by atoms with Crippen molar-refractivity contribution >= 4 is 21.6 Å². The summed E-state index contributed by atoms with van der Waals surface area (Å²) in [5.41, 5.74) is 0.672. The molecule has 0 saturated heterocycles. The van der Waals surface area contributed by atoms with Gasteiger partial charge in [-0.05, 0) is 11.8 Å². The zero-order valence-electron chi connectivity index (χ0n) is 12.7. The summed E-state index contributed by atoms with van der Waals surface area (Å²) < 4.78 is 45.8. The van der Waals surface area contributed by atoms with E-state index in [0.29, 0.717) is 15.9 Å². The van der Waals surface area contributed by atoms with Gasteiger partial charge in [0.1, 0.15) is 12.4 Å². The van der Waals surface area contributed by atoms with E-state index in [1.54, 1.807) is 12.1 Å². The first-order valence-corrected chi connectivity index (χ1v) is 7.51. The maximum atomic E-state index is 14.4. The second kappa shape index (κ2) is 9.59. The molecule has 0 atom stereocenters. The minimum atomic E-state index is -2.60. The Kier molecular flexibility index (Phi) is 8.47. The van der Waals surface area contributed by atoms with Crippen LogP contribution in [0.15, 0.2) is 53.7 Å². The SMILES string of the molecule is C=CCOc1ccc(C2=[C-]C=C(Br)C(=C)N2CC(F)F)c(F)c1.[Y]. The van der Waals surface area contributed by atoms with Gasteiger partial charge in [0, 0.05) is 38.8 Å². The quantitative estimate of drug-likeness (QED) is 0.430. The number of hydrogen-bond acceptors (Lipinski definition) is 2. The normalized spacial score (nSPS) is 14.0. The van der Waals surface area contributed by atoms with Crippen molar-refractivity contribution in [3.8, 4) is 5.75 Å². The average Bonchev–Trinajstić information content (AvgIpc) is 2.50. The molecule has 0 amide bonds. The van der Waals surface area contributed by atoms with Crippen LogP contribution in [0.1, 0.15) is 5.56 Å².